The second kappa shape index (κ2) is 19.8. The average Bonchev–Trinajstić information content (AvgIpc) is 3.87. The van der Waals surface area contributed by atoms with Gasteiger partial charge in [0.25, 0.3) is 0 Å². The lowest BCUT2D eigenvalue weighted by molar-refractivity contribution is -0.157. The Morgan fingerprint density at radius 3 is 2.38 bits per heavy atom. The molecule has 3 unspecified atom stereocenters. The van der Waals surface area contributed by atoms with Crippen molar-refractivity contribution in [2.75, 3.05) is 20.3 Å². The van der Waals surface area contributed by atoms with Gasteiger partial charge in [0.05, 0.1) is 48.5 Å². The SMILES string of the molecule is CC[C@H](OC)[C@@H](C)[C@H]1O[C@@H]1C(N(CCO)Cc1ccc(C(F)(F)F)cc1)C(C)(O)C=CC=C(C)[C@H]1OC(=O)C[C@H](O)CCC(C)(O)[C@@H](OC(C)=O)C=C[C@@H]1C. The minimum Gasteiger partial charge on any atom is -0.457 e. The van der Waals surface area contributed by atoms with Crippen LogP contribution in [0.25, 0.3) is 0 Å². The molecule has 0 amide bonds. The highest BCUT2D eigenvalue weighted by Gasteiger charge is 2.56. The number of cyclic esters (lactones) is 1. The van der Waals surface area contributed by atoms with Gasteiger partial charge in [0.15, 0.2) is 0 Å². The molecule has 0 radical (unpaired) electrons. The molecule has 4 N–H and O–H groups in total. The summed E-state index contributed by atoms with van der Waals surface area (Å²) >= 11 is 0. The fourth-order valence-electron chi connectivity index (χ4n) is 7.38. The minimum absolute atomic E-state index is 0.0561. The number of hydrogen-bond donors (Lipinski definition) is 4. The number of benzene rings is 1. The highest BCUT2D eigenvalue weighted by atomic mass is 19.4. The zero-order chi connectivity index (χ0) is 41.3. The molecule has 1 aromatic carbocycles. The van der Waals surface area contributed by atoms with Gasteiger partial charge in [-0.25, -0.2) is 0 Å². The summed E-state index contributed by atoms with van der Waals surface area (Å²) in [6.07, 6.45) is 0.195. The van der Waals surface area contributed by atoms with E-state index in [1.54, 1.807) is 63.2 Å². The first kappa shape index (κ1) is 46.3. The Morgan fingerprint density at radius 1 is 1.16 bits per heavy atom. The molecule has 2 aliphatic heterocycles. The number of nitrogens with zero attached hydrogens (tertiary/aromatic N) is 1. The molecule has 0 aromatic heterocycles. The Morgan fingerprint density at radius 2 is 1.82 bits per heavy atom. The van der Waals surface area contributed by atoms with Crippen molar-refractivity contribution in [1.82, 2.24) is 4.90 Å². The van der Waals surface area contributed by atoms with E-state index in [2.05, 4.69) is 0 Å². The standard InChI is InChI=1S/C41H60F3NO10/c1-9-32(52-8)27(4)36-37(55-36)38(45(21-22-46)24-29-13-15-30(16-14-29)41(42,43)44)40(7,51)19-10-11-25(2)35-26(3)12-17-33(53-28(5)47)39(6,50)20-18-31(48)23-34(49)54-35/h10-17,19,26-27,31-33,35-38,46,48,50-51H,9,18,20-24H2,1-8H3/t26-,27+,31+,32-,33-,35+,36+,37-,38?,39?,40?/m0/s1. The highest BCUT2D eigenvalue weighted by molar-refractivity contribution is 5.70. The number of carbonyl (C=O) groups is 2. The van der Waals surface area contributed by atoms with E-state index < -0.39 is 71.3 Å². The number of carbonyl (C=O) groups excluding carboxylic acids is 2. The van der Waals surface area contributed by atoms with Crippen LogP contribution in [0.2, 0.25) is 0 Å². The Hall–Kier alpha value is -3.11. The van der Waals surface area contributed by atoms with Gasteiger partial charge < -0.3 is 39.4 Å². The van der Waals surface area contributed by atoms with Crippen molar-refractivity contribution in [3.63, 3.8) is 0 Å². The second-order valence-electron chi connectivity index (χ2n) is 15.4. The van der Waals surface area contributed by atoms with Gasteiger partial charge in [0.2, 0.25) is 0 Å². The molecular weight excluding hydrogens is 723 g/mol. The fourth-order valence-corrected chi connectivity index (χ4v) is 7.38. The van der Waals surface area contributed by atoms with Crippen molar-refractivity contribution in [1.29, 1.82) is 0 Å². The monoisotopic (exact) mass is 783 g/mol. The molecule has 1 aromatic rings. The van der Waals surface area contributed by atoms with Gasteiger partial charge in [-0.3, -0.25) is 14.5 Å². The van der Waals surface area contributed by atoms with Crippen molar-refractivity contribution in [2.45, 2.75) is 141 Å². The third kappa shape index (κ3) is 13.2. The molecule has 0 aliphatic carbocycles. The molecule has 0 saturated carbocycles. The van der Waals surface area contributed by atoms with Crippen LogP contribution in [0.1, 0.15) is 85.3 Å². The van der Waals surface area contributed by atoms with Gasteiger partial charge in [-0.15, -0.1) is 0 Å². The number of alkyl halides is 3. The molecule has 310 valence electrons. The maximum atomic E-state index is 13.3. The van der Waals surface area contributed by atoms with Gasteiger partial charge >= 0.3 is 18.1 Å². The van der Waals surface area contributed by atoms with Crippen LogP contribution in [-0.2, 0) is 41.3 Å². The Bertz CT molecular complexity index is 1490. The topological polar surface area (TPSA) is 159 Å². The smallest absolute Gasteiger partial charge is 0.416 e. The lowest BCUT2D eigenvalue weighted by atomic mass is 9.85. The summed E-state index contributed by atoms with van der Waals surface area (Å²) in [4.78, 5) is 26.6. The molecule has 11 nitrogen and oxygen atoms in total. The zero-order valence-electron chi connectivity index (χ0n) is 33.2. The normalized spacial score (nSPS) is 29.8. The van der Waals surface area contributed by atoms with Crippen LogP contribution >= 0.6 is 0 Å². The Kier molecular flexibility index (Phi) is 16.7. The van der Waals surface area contributed by atoms with E-state index in [0.717, 1.165) is 18.6 Å². The van der Waals surface area contributed by atoms with Crippen LogP contribution in [0.4, 0.5) is 13.2 Å². The van der Waals surface area contributed by atoms with E-state index in [9.17, 15) is 43.2 Å². The summed E-state index contributed by atoms with van der Waals surface area (Å²) in [6, 6.07) is 3.99. The number of aliphatic hydroxyl groups is 4. The van der Waals surface area contributed by atoms with Crippen molar-refractivity contribution in [3.05, 3.63) is 71.3 Å². The van der Waals surface area contributed by atoms with Crippen LogP contribution in [0, 0.1) is 11.8 Å². The van der Waals surface area contributed by atoms with E-state index in [0.29, 0.717) is 11.1 Å². The number of methoxy groups -OCH3 is 1. The number of epoxide rings is 1. The highest BCUT2D eigenvalue weighted by Crippen LogP contribution is 2.41. The molecule has 1 saturated heterocycles. The summed E-state index contributed by atoms with van der Waals surface area (Å²) in [7, 11) is 1.62. The molecule has 3 rings (SSSR count). The third-order valence-electron chi connectivity index (χ3n) is 10.6. The van der Waals surface area contributed by atoms with Crippen molar-refractivity contribution < 1.29 is 62.1 Å². The molecule has 14 heteroatoms. The Labute approximate surface area is 322 Å². The van der Waals surface area contributed by atoms with Crippen molar-refractivity contribution in [2.24, 2.45) is 11.8 Å². The third-order valence-corrected chi connectivity index (χ3v) is 10.6. The quantitative estimate of drug-likeness (QED) is 0.0794. The van der Waals surface area contributed by atoms with Crippen LogP contribution in [-0.4, -0.2) is 111 Å². The number of allylic oxidation sites excluding steroid dienone is 2. The first-order valence-electron chi connectivity index (χ1n) is 18.9. The summed E-state index contributed by atoms with van der Waals surface area (Å²) < 4.78 is 63.0. The number of aliphatic hydroxyl groups excluding tert-OH is 2. The molecule has 0 bridgehead atoms. The average molecular weight is 784 g/mol. The van der Waals surface area contributed by atoms with Crippen LogP contribution in [0.5, 0.6) is 0 Å². The van der Waals surface area contributed by atoms with Crippen molar-refractivity contribution in [3.8, 4) is 0 Å². The van der Waals surface area contributed by atoms with Crippen LogP contribution < -0.4 is 0 Å². The lowest BCUT2D eigenvalue weighted by Crippen LogP contribution is -2.54. The number of hydrogen-bond acceptors (Lipinski definition) is 11. The first-order valence-corrected chi connectivity index (χ1v) is 18.9. The number of ether oxygens (including phenoxy) is 4. The fraction of sp³-hybridized carbons (Fsp3) is 0.659. The van der Waals surface area contributed by atoms with Gasteiger partial charge in [-0.1, -0.05) is 57.2 Å². The number of halogens is 3. The Balaban J connectivity index is 1.98. The summed E-state index contributed by atoms with van der Waals surface area (Å²) in [5.41, 5.74) is -2.80. The van der Waals surface area contributed by atoms with E-state index >= 15 is 0 Å². The van der Waals surface area contributed by atoms with E-state index in [1.807, 2.05) is 13.8 Å². The summed E-state index contributed by atoms with van der Waals surface area (Å²) in [5.74, 6) is -1.78. The van der Waals surface area contributed by atoms with Gasteiger partial charge in [-0.05, 0) is 69.4 Å². The predicted octanol–water partition coefficient (Wildman–Crippen LogP) is 5.28. The molecule has 2 heterocycles. The van der Waals surface area contributed by atoms with E-state index in [-0.39, 0.29) is 57.1 Å². The second-order valence-corrected chi connectivity index (χ2v) is 15.4. The van der Waals surface area contributed by atoms with Gasteiger partial charge in [-0.2, -0.15) is 13.2 Å². The van der Waals surface area contributed by atoms with E-state index in [1.165, 1.54) is 26.0 Å². The summed E-state index contributed by atoms with van der Waals surface area (Å²) in [5, 5.41) is 44.0. The van der Waals surface area contributed by atoms with Gasteiger partial charge in [0, 0.05) is 39.0 Å². The maximum Gasteiger partial charge on any atom is 0.416 e. The molecule has 1 fully saturated rings. The van der Waals surface area contributed by atoms with Gasteiger partial charge in [0.1, 0.15) is 23.9 Å². The minimum atomic E-state index is -4.50. The number of esters is 2. The summed E-state index contributed by atoms with van der Waals surface area (Å²) in [6.45, 7) is 11.7. The molecule has 2 aliphatic rings. The molecule has 11 atom stereocenters. The first-order chi connectivity index (χ1) is 25.6. The number of rotatable bonds is 15. The predicted molar refractivity (Wildman–Crippen MR) is 199 cm³/mol. The largest absolute Gasteiger partial charge is 0.457 e. The van der Waals surface area contributed by atoms with Crippen molar-refractivity contribution >= 4 is 11.9 Å². The lowest BCUT2D eigenvalue weighted by Gasteiger charge is -2.39. The van der Waals surface area contributed by atoms with Crippen LogP contribution in [0.3, 0.4) is 0 Å². The maximum absolute atomic E-state index is 13.3. The van der Waals surface area contributed by atoms with Crippen LogP contribution in [0.15, 0.2) is 60.2 Å². The molecule has 0 spiro atoms. The van der Waals surface area contributed by atoms with E-state index in [4.69, 9.17) is 18.9 Å². The molecular formula is C41H60F3NO10. The molecule has 55 heavy (non-hydrogen) atoms. The zero-order valence-corrected chi connectivity index (χ0v) is 33.2.